The van der Waals surface area contributed by atoms with Gasteiger partial charge in [0, 0.05) is 56.7 Å². The second-order valence-corrected chi connectivity index (χ2v) is 10.8. The van der Waals surface area contributed by atoms with Crippen LogP contribution in [0.15, 0.2) is 4.79 Å². The van der Waals surface area contributed by atoms with E-state index in [1.165, 1.54) is 17.6 Å². The second kappa shape index (κ2) is 8.30. The highest BCUT2D eigenvalue weighted by Gasteiger charge is 2.22. The number of thiophene rings is 1. The van der Waals surface area contributed by atoms with Gasteiger partial charge in [-0.15, -0.1) is 11.3 Å². The van der Waals surface area contributed by atoms with Crippen LogP contribution in [0.25, 0.3) is 10.2 Å². The lowest BCUT2D eigenvalue weighted by Crippen LogP contribution is -2.49. The number of sulfone groups is 1. The summed E-state index contributed by atoms with van der Waals surface area (Å²) in [6, 6.07) is 0. The standard InChI is InChI=1S/C18H26N4O4S2/c1-12-13(2)27-18-16(12)17(24)19-14(20-18)4-5-15(23)22-8-6-21(7-9-22)10-11-28(3,25)26/h4-11H2,1-3H3,(H,19,20,24). The van der Waals surface area contributed by atoms with Crippen LogP contribution in [0, 0.1) is 13.8 Å². The van der Waals surface area contributed by atoms with Crippen molar-refractivity contribution in [3.05, 3.63) is 26.6 Å². The fourth-order valence-electron chi connectivity index (χ4n) is 3.32. The van der Waals surface area contributed by atoms with Crippen molar-refractivity contribution in [2.75, 3.05) is 44.7 Å². The maximum absolute atomic E-state index is 12.5. The van der Waals surface area contributed by atoms with Crippen molar-refractivity contribution >= 4 is 37.3 Å². The third-order valence-electron chi connectivity index (χ3n) is 5.17. The molecule has 1 amide bonds. The number of hydrogen-bond donors (Lipinski definition) is 1. The van der Waals surface area contributed by atoms with Gasteiger partial charge in [-0.1, -0.05) is 0 Å². The number of nitrogens with zero attached hydrogens (tertiary/aromatic N) is 3. The molecule has 3 rings (SSSR count). The van der Waals surface area contributed by atoms with Crippen LogP contribution in [0.2, 0.25) is 0 Å². The Morgan fingerprint density at radius 2 is 1.89 bits per heavy atom. The zero-order valence-electron chi connectivity index (χ0n) is 16.4. The number of amides is 1. The van der Waals surface area contributed by atoms with Crippen LogP contribution in [-0.2, 0) is 21.1 Å². The van der Waals surface area contributed by atoms with Crippen LogP contribution in [-0.4, -0.2) is 78.8 Å². The first-order chi connectivity index (χ1) is 13.1. The Morgan fingerprint density at radius 3 is 2.54 bits per heavy atom. The highest BCUT2D eigenvalue weighted by molar-refractivity contribution is 7.90. The smallest absolute Gasteiger partial charge is 0.259 e. The van der Waals surface area contributed by atoms with Crippen LogP contribution < -0.4 is 5.56 Å². The molecule has 1 fully saturated rings. The van der Waals surface area contributed by atoms with Gasteiger partial charge >= 0.3 is 0 Å². The average Bonchev–Trinajstić information content (AvgIpc) is 2.92. The van der Waals surface area contributed by atoms with E-state index in [2.05, 4.69) is 14.9 Å². The van der Waals surface area contributed by atoms with Crippen molar-refractivity contribution in [1.29, 1.82) is 0 Å². The Hall–Kier alpha value is -1.78. The zero-order valence-corrected chi connectivity index (χ0v) is 18.1. The summed E-state index contributed by atoms with van der Waals surface area (Å²) < 4.78 is 22.5. The lowest BCUT2D eigenvalue weighted by molar-refractivity contribution is -0.132. The number of rotatable bonds is 6. The summed E-state index contributed by atoms with van der Waals surface area (Å²) in [4.78, 5) is 37.8. The molecule has 28 heavy (non-hydrogen) atoms. The lowest BCUT2D eigenvalue weighted by atomic mass is 10.2. The Morgan fingerprint density at radius 1 is 1.21 bits per heavy atom. The molecule has 1 saturated heterocycles. The summed E-state index contributed by atoms with van der Waals surface area (Å²) in [7, 11) is -2.97. The van der Waals surface area contributed by atoms with E-state index in [9.17, 15) is 18.0 Å². The lowest BCUT2D eigenvalue weighted by Gasteiger charge is -2.34. The second-order valence-electron chi connectivity index (χ2n) is 7.33. The number of aryl methyl sites for hydroxylation is 3. The third kappa shape index (κ3) is 4.98. The van der Waals surface area contributed by atoms with Crippen molar-refractivity contribution in [2.45, 2.75) is 26.7 Å². The zero-order chi connectivity index (χ0) is 20.5. The molecule has 0 radical (unpaired) electrons. The number of nitrogens with one attached hydrogen (secondary N) is 1. The van der Waals surface area contributed by atoms with Crippen molar-refractivity contribution in [1.82, 2.24) is 19.8 Å². The minimum atomic E-state index is -2.97. The van der Waals surface area contributed by atoms with Gasteiger partial charge in [0.15, 0.2) is 0 Å². The number of piperazine rings is 1. The molecule has 10 heteroatoms. The van der Waals surface area contributed by atoms with Crippen molar-refractivity contribution in [2.24, 2.45) is 0 Å². The van der Waals surface area contributed by atoms with Gasteiger partial charge in [0.2, 0.25) is 5.91 Å². The maximum Gasteiger partial charge on any atom is 0.259 e. The molecule has 1 N–H and O–H groups in total. The van der Waals surface area contributed by atoms with Crippen molar-refractivity contribution < 1.29 is 13.2 Å². The number of H-pyrrole nitrogens is 1. The summed E-state index contributed by atoms with van der Waals surface area (Å²) >= 11 is 1.50. The van der Waals surface area contributed by atoms with E-state index in [1.807, 2.05) is 13.8 Å². The van der Waals surface area contributed by atoms with Gasteiger partial charge in [-0.3, -0.25) is 14.5 Å². The molecule has 1 aliphatic heterocycles. The monoisotopic (exact) mass is 426 g/mol. The van der Waals surface area contributed by atoms with E-state index in [1.54, 1.807) is 4.90 Å². The van der Waals surface area contributed by atoms with Crippen molar-refractivity contribution in [3.63, 3.8) is 0 Å². The molecule has 3 heterocycles. The topological polar surface area (TPSA) is 103 Å². The number of hydrogen-bond acceptors (Lipinski definition) is 7. The molecule has 0 aliphatic carbocycles. The number of aromatic amines is 1. The van der Waals surface area contributed by atoms with Gasteiger partial charge < -0.3 is 9.88 Å². The van der Waals surface area contributed by atoms with E-state index < -0.39 is 9.84 Å². The quantitative estimate of drug-likeness (QED) is 0.730. The van der Waals surface area contributed by atoms with Crippen LogP contribution in [0.1, 0.15) is 22.7 Å². The first-order valence-electron chi connectivity index (χ1n) is 9.31. The highest BCUT2D eigenvalue weighted by atomic mass is 32.2. The first kappa shape index (κ1) is 20.9. The Balaban J connectivity index is 1.54. The molecular formula is C18H26N4O4S2. The average molecular weight is 427 g/mol. The Kier molecular flexibility index (Phi) is 6.21. The fraction of sp³-hybridized carbons (Fsp3) is 0.611. The Labute approximate surface area is 168 Å². The van der Waals surface area contributed by atoms with Crippen LogP contribution in [0.3, 0.4) is 0 Å². The number of aromatic nitrogens is 2. The molecule has 0 atom stereocenters. The van der Waals surface area contributed by atoms with Gasteiger partial charge in [-0.2, -0.15) is 0 Å². The molecule has 0 saturated carbocycles. The molecule has 0 spiro atoms. The van der Waals surface area contributed by atoms with Gasteiger partial charge in [0.05, 0.1) is 11.1 Å². The predicted molar refractivity (Wildman–Crippen MR) is 111 cm³/mol. The van der Waals surface area contributed by atoms with Crippen LogP contribution in [0.4, 0.5) is 0 Å². The third-order valence-corrected chi connectivity index (χ3v) is 7.19. The van der Waals surface area contributed by atoms with Crippen molar-refractivity contribution in [3.8, 4) is 0 Å². The van der Waals surface area contributed by atoms with Gasteiger partial charge in [-0.25, -0.2) is 13.4 Å². The van der Waals surface area contributed by atoms with E-state index in [-0.39, 0.29) is 17.2 Å². The molecule has 1 aliphatic rings. The molecule has 0 bridgehead atoms. The largest absolute Gasteiger partial charge is 0.340 e. The SMILES string of the molecule is Cc1sc2nc(CCC(=O)N3CCN(CCS(C)(=O)=O)CC3)[nH]c(=O)c2c1C. The summed E-state index contributed by atoms with van der Waals surface area (Å²) in [5.74, 6) is 0.715. The molecule has 0 aromatic carbocycles. The van der Waals surface area contributed by atoms with Crippen LogP contribution >= 0.6 is 11.3 Å². The molecule has 2 aromatic rings. The van der Waals surface area contributed by atoms with E-state index in [0.717, 1.165) is 15.3 Å². The highest BCUT2D eigenvalue weighted by Crippen LogP contribution is 2.25. The molecule has 0 unspecified atom stereocenters. The predicted octanol–water partition coefficient (Wildman–Crippen LogP) is 0.723. The van der Waals surface area contributed by atoms with E-state index >= 15 is 0 Å². The molecule has 8 nitrogen and oxygen atoms in total. The molecule has 2 aromatic heterocycles. The normalized spacial score (nSPS) is 16.0. The van der Waals surface area contributed by atoms with E-state index in [0.29, 0.717) is 56.8 Å². The minimum absolute atomic E-state index is 0.0315. The summed E-state index contributed by atoms with van der Waals surface area (Å²) in [5.41, 5.74) is 0.818. The summed E-state index contributed by atoms with van der Waals surface area (Å²) in [5, 5.41) is 0.641. The maximum atomic E-state index is 12.5. The summed E-state index contributed by atoms with van der Waals surface area (Å²) in [6.45, 7) is 6.94. The molecule has 154 valence electrons. The number of carbonyl (C=O) groups is 1. The van der Waals surface area contributed by atoms with Gasteiger partial charge in [0.1, 0.15) is 20.5 Å². The minimum Gasteiger partial charge on any atom is -0.340 e. The number of fused-ring (bicyclic) bond motifs is 1. The van der Waals surface area contributed by atoms with Crippen LogP contribution in [0.5, 0.6) is 0 Å². The van der Waals surface area contributed by atoms with E-state index in [4.69, 9.17) is 0 Å². The number of carbonyl (C=O) groups excluding carboxylic acids is 1. The first-order valence-corrected chi connectivity index (χ1v) is 12.2. The Bertz CT molecular complexity index is 1030. The van der Waals surface area contributed by atoms with Gasteiger partial charge in [0.25, 0.3) is 5.56 Å². The summed E-state index contributed by atoms with van der Waals surface area (Å²) in [6.07, 6.45) is 1.93. The molecular weight excluding hydrogens is 400 g/mol. The van der Waals surface area contributed by atoms with Gasteiger partial charge in [-0.05, 0) is 19.4 Å². The fourth-order valence-corrected chi connectivity index (χ4v) is 4.96.